The lowest BCUT2D eigenvalue weighted by Gasteiger charge is -2.35. The first kappa shape index (κ1) is 26.8. The number of ether oxygens (including phenoxy) is 1. The highest BCUT2D eigenvalue weighted by Gasteiger charge is 2.30. The summed E-state index contributed by atoms with van der Waals surface area (Å²) in [5.74, 6) is 1.88. The molecule has 2 aromatic rings. The molecule has 0 radical (unpaired) electrons. The van der Waals surface area contributed by atoms with Crippen molar-refractivity contribution >= 4 is 51.3 Å². The Morgan fingerprint density at radius 2 is 1.94 bits per heavy atom. The van der Waals surface area contributed by atoms with E-state index in [9.17, 15) is 9.59 Å². The van der Waals surface area contributed by atoms with Crippen LogP contribution in [0.3, 0.4) is 0 Å². The van der Waals surface area contributed by atoms with E-state index >= 15 is 0 Å². The lowest BCUT2D eigenvalue weighted by Crippen LogP contribution is -2.43. The Morgan fingerprint density at radius 1 is 1.19 bits per heavy atom. The standard InChI is InChI=1S/C28H34BrN3O3S/c1-19-13-20(2)17-31(16-19)12-6-11-30-27(33)18-32-23-7-4-5-8-25(23)36-26(28(32)34)15-21-9-10-24(35-3)22(29)14-21/h4-5,7-10,14-15,19-20H,6,11-13,16-18H2,1-3H3,(H,30,33)/t19-,20+. The molecule has 2 amide bonds. The van der Waals surface area contributed by atoms with Gasteiger partial charge < -0.3 is 15.0 Å². The molecule has 2 aliphatic rings. The van der Waals surface area contributed by atoms with Gasteiger partial charge in [-0.25, -0.2) is 0 Å². The largest absolute Gasteiger partial charge is 0.496 e. The molecule has 6 nitrogen and oxygen atoms in total. The average molecular weight is 573 g/mol. The van der Waals surface area contributed by atoms with Crippen LogP contribution in [0.4, 0.5) is 5.69 Å². The number of rotatable bonds is 8. The number of amides is 2. The molecule has 2 aromatic carbocycles. The number of methoxy groups -OCH3 is 1. The van der Waals surface area contributed by atoms with Gasteiger partial charge in [-0.05, 0) is 83.1 Å². The van der Waals surface area contributed by atoms with Crippen molar-refractivity contribution in [2.24, 2.45) is 11.8 Å². The van der Waals surface area contributed by atoms with Gasteiger partial charge in [0.1, 0.15) is 12.3 Å². The van der Waals surface area contributed by atoms with Crippen molar-refractivity contribution in [3.8, 4) is 5.75 Å². The molecular formula is C28H34BrN3O3S. The van der Waals surface area contributed by atoms with Crippen molar-refractivity contribution in [1.82, 2.24) is 10.2 Å². The number of thioether (sulfide) groups is 1. The van der Waals surface area contributed by atoms with Crippen LogP contribution in [0.15, 0.2) is 56.7 Å². The van der Waals surface area contributed by atoms with Gasteiger partial charge in [-0.15, -0.1) is 0 Å². The normalized spacial score (nSPS) is 21.4. The minimum absolute atomic E-state index is 0.00215. The highest BCUT2D eigenvalue weighted by molar-refractivity contribution is 9.10. The number of benzene rings is 2. The van der Waals surface area contributed by atoms with E-state index < -0.39 is 0 Å². The number of hydrogen-bond acceptors (Lipinski definition) is 5. The van der Waals surface area contributed by atoms with Gasteiger partial charge in [-0.2, -0.15) is 0 Å². The van der Waals surface area contributed by atoms with E-state index in [0.29, 0.717) is 11.4 Å². The van der Waals surface area contributed by atoms with E-state index in [0.717, 1.165) is 64.3 Å². The second-order valence-corrected chi connectivity index (χ2v) is 11.7. The van der Waals surface area contributed by atoms with Crippen molar-refractivity contribution in [2.45, 2.75) is 31.6 Å². The average Bonchev–Trinajstić information content (AvgIpc) is 2.84. The quantitative estimate of drug-likeness (QED) is 0.338. The van der Waals surface area contributed by atoms with E-state index in [1.807, 2.05) is 48.5 Å². The monoisotopic (exact) mass is 571 g/mol. The maximum Gasteiger partial charge on any atom is 0.265 e. The van der Waals surface area contributed by atoms with Crippen LogP contribution in [0.25, 0.3) is 6.08 Å². The summed E-state index contributed by atoms with van der Waals surface area (Å²) in [4.78, 5) is 31.9. The van der Waals surface area contributed by atoms with Gasteiger partial charge >= 0.3 is 0 Å². The molecule has 0 unspecified atom stereocenters. The number of hydrogen-bond donors (Lipinski definition) is 1. The summed E-state index contributed by atoms with van der Waals surface area (Å²) in [6.45, 7) is 8.49. The third-order valence-corrected chi connectivity index (χ3v) is 8.22. The van der Waals surface area contributed by atoms with Crippen LogP contribution in [-0.2, 0) is 9.59 Å². The summed E-state index contributed by atoms with van der Waals surface area (Å²) in [6.07, 6.45) is 4.06. The van der Waals surface area contributed by atoms with Crippen molar-refractivity contribution in [3.63, 3.8) is 0 Å². The molecule has 36 heavy (non-hydrogen) atoms. The van der Waals surface area contributed by atoms with Crippen LogP contribution in [-0.4, -0.2) is 56.5 Å². The second-order valence-electron chi connectivity index (χ2n) is 9.77. The number of fused-ring (bicyclic) bond motifs is 1. The van der Waals surface area contributed by atoms with E-state index in [1.165, 1.54) is 18.2 Å². The first-order valence-electron chi connectivity index (χ1n) is 12.5. The van der Waals surface area contributed by atoms with Gasteiger partial charge in [-0.3, -0.25) is 14.5 Å². The third-order valence-electron chi connectivity index (χ3n) is 6.53. The van der Waals surface area contributed by atoms with Crippen LogP contribution in [0.1, 0.15) is 32.3 Å². The van der Waals surface area contributed by atoms with Gasteiger partial charge in [0, 0.05) is 24.5 Å². The highest BCUT2D eigenvalue weighted by atomic mass is 79.9. The van der Waals surface area contributed by atoms with E-state index in [4.69, 9.17) is 4.74 Å². The fourth-order valence-electron chi connectivity index (χ4n) is 5.05. The number of carbonyl (C=O) groups is 2. The van der Waals surface area contributed by atoms with Crippen LogP contribution in [0.2, 0.25) is 0 Å². The zero-order valence-electron chi connectivity index (χ0n) is 21.1. The Labute approximate surface area is 226 Å². The van der Waals surface area contributed by atoms with Gasteiger partial charge in [0.15, 0.2) is 0 Å². The van der Waals surface area contributed by atoms with Gasteiger partial charge in [0.25, 0.3) is 5.91 Å². The Hall–Kier alpha value is -2.29. The molecule has 2 heterocycles. The predicted molar refractivity (Wildman–Crippen MR) is 150 cm³/mol. The highest BCUT2D eigenvalue weighted by Crippen LogP contribution is 2.42. The maximum absolute atomic E-state index is 13.4. The summed E-state index contributed by atoms with van der Waals surface area (Å²) in [5.41, 5.74) is 1.65. The summed E-state index contributed by atoms with van der Waals surface area (Å²) in [5, 5.41) is 3.02. The molecule has 0 aromatic heterocycles. The molecule has 2 atom stereocenters. The zero-order valence-corrected chi connectivity index (χ0v) is 23.5. The fourth-order valence-corrected chi connectivity index (χ4v) is 6.66. The molecule has 0 spiro atoms. The topological polar surface area (TPSA) is 61.9 Å². The summed E-state index contributed by atoms with van der Waals surface area (Å²) >= 11 is 4.94. The molecular weight excluding hydrogens is 538 g/mol. The van der Waals surface area contributed by atoms with E-state index in [-0.39, 0.29) is 18.4 Å². The van der Waals surface area contributed by atoms with Gasteiger partial charge in [0.2, 0.25) is 5.91 Å². The van der Waals surface area contributed by atoms with E-state index in [1.54, 1.807) is 12.0 Å². The molecule has 4 rings (SSSR count). The van der Waals surface area contributed by atoms with Crippen LogP contribution < -0.4 is 15.0 Å². The molecule has 8 heteroatoms. The summed E-state index contributed by atoms with van der Waals surface area (Å²) < 4.78 is 6.12. The van der Waals surface area contributed by atoms with E-state index in [2.05, 4.69) is 40.0 Å². The predicted octanol–water partition coefficient (Wildman–Crippen LogP) is 5.42. The maximum atomic E-state index is 13.4. The number of likely N-dealkylation sites (tertiary alicyclic amines) is 1. The lowest BCUT2D eigenvalue weighted by atomic mass is 9.92. The lowest BCUT2D eigenvalue weighted by molar-refractivity contribution is -0.122. The number of carbonyl (C=O) groups excluding carboxylic acids is 2. The van der Waals surface area contributed by atoms with Crippen molar-refractivity contribution < 1.29 is 14.3 Å². The Balaban J connectivity index is 1.40. The minimum atomic E-state index is -0.169. The molecule has 192 valence electrons. The second kappa shape index (κ2) is 12.3. The summed E-state index contributed by atoms with van der Waals surface area (Å²) in [6, 6.07) is 13.4. The number of piperidine rings is 1. The molecule has 0 aliphatic carbocycles. The van der Waals surface area contributed by atoms with Crippen molar-refractivity contribution in [3.05, 3.63) is 57.4 Å². The first-order chi connectivity index (χ1) is 17.3. The first-order valence-corrected chi connectivity index (χ1v) is 14.1. The third kappa shape index (κ3) is 6.72. The Kier molecular flexibility index (Phi) is 9.14. The van der Waals surface area contributed by atoms with Gasteiger partial charge in [0.05, 0.1) is 22.2 Å². The van der Waals surface area contributed by atoms with Crippen LogP contribution in [0, 0.1) is 11.8 Å². The molecule has 0 bridgehead atoms. The molecule has 1 fully saturated rings. The fraction of sp³-hybridized carbons (Fsp3) is 0.429. The number of nitrogens with zero attached hydrogens (tertiary/aromatic N) is 2. The summed E-state index contributed by atoms with van der Waals surface area (Å²) in [7, 11) is 1.62. The zero-order chi connectivity index (χ0) is 25.7. The van der Waals surface area contributed by atoms with Crippen molar-refractivity contribution in [1.29, 1.82) is 0 Å². The van der Waals surface area contributed by atoms with Gasteiger partial charge in [-0.1, -0.05) is 43.8 Å². The van der Waals surface area contributed by atoms with Crippen LogP contribution >= 0.6 is 27.7 Å². The SMILES string of the molecule is COc1ccc(C=C2Sc3ccccc3N(CC(=O)NCCCN3C[C@H](C)C[C@H](C)C3)C2=O)cc1Br. The number of para-hydroxylation sites is 1. The van der Waals surface area contributed by atoms with Crippen molar-refractivity contribution in [2.75, 3.05) is 44.7 Å². The number of nitrogens with one attached hydrogen (secondary N) is 1. The minimum Gasteiger partial charge on any atom is -0.496 e. The number of anilines is 1. The molecule has 2 aliphatic heterocycles. The Bertz CT molecular complexity index is 1130. The molecule has 1 saturated heterocycles. The number of halogens is 1. The van der Waals surface area contributed by atoms with Crippen LogP contribution in [0.5, 0.6) is 5.75 Å². The molecule has 1 N–H and O–H groups in total. The Morgan fingerprint density at radius 3 is 2.67 bits per heavy atom. The smallest absolute Gasteiger partial charge is 0.265 e. The molecule has 0 saturated carbocycles.